The molecule has 0 bridgehead atoms. The number of nitrogens with zero attached hydrogens (tertiary/aromatic N) is 2. The van der Waals surface area contributed by atoms with Crippen LogP contribution in [0.4, 0.5) is 0 Å². The first-order valence-corrected chi connectivity index (χ1v) is 8.18. The van der Waals surface area contributed by atoms with Gasteiger partial charge in [0, 0.05) is 38.5 Å². The van der Waals surface area contributed by atoms with Gasteiger partial charge in [0.1, 0.15) is 6.10 Å². The Balaban J connectivity index is 1.54. The van der Waals surface area contributed by atoms with Crippen LogP contribution in [0.25, 0.3) is 0 Å². The smallest absolute Gasteiger partial charge is 0.251 e. The zero-order valence-electron chi connectivity index (χ0n) is 12.9. The fourth-order valence-corrected chi connectivity index (χ4v) is 3.34. The molecule has 3 rings (SSSR count). The summed E-state index contributed by atoms with van der Waals surface area (Å²) in [6, 6.07) is 3.87. The van der Waals surface area contributed by atoms with Crippen LogP contribution in [0, 0.1) is 0 Å². The van der Waals surface area contributed by atoms with Crippen LogP contribution in [-0.2, 0) is 16.0 Å². The molecular formula is C17H24N2O3. The summed E-state index contributed by atoms with van der Waals surface area (Å²) in [4.78, 5) is 18.3. The van der Waals surface area contributed by atoms with Gasteiger partial charge in [0.05, 0.1) is 5.60 Å². The van der Waals surface area contributed by atoms with E-state index < -0.39 is 5.60 Å². The SMILES string of the molecule is O=C(C1CCCCO1)N1CCC(O)(Cc2ccncc2)CC1. The third kappa shape index (κ3) is 3.65. The summed E-state index contributed by atoms with van der Waals surface area (Å²) in [5, 5.41) is 10.7. The number of hydrogen-bond donors (Lipinski definition) is 1. The van der Waals surface area contributed by atoms with Gasteiger partial charge in [0.2, 0.25) is 0 Å². The predicted octanol–water partition coefficient (Wildman–Crippen LogP) is 1.55. The van der Waals surface area contributed by atoms with Gasteiger partial charge in [-0.15, -0.1) is 0 Å². The molecule has 1 aromatic rings. The Morgan fingerprint density at radius 3 is 2.68 bits per heavy atom. The van der Waals surface area contributed by atoms with Crippen molar-refractivity contribution in [3.05, 3.63) is 30.1 Å². The van der Waals surface area contributed by atoms with Gasteiger partial charge in [-0.1, -0.05) is 0 Å². The summed E-state index contributed by atoms with van der Waals surface area (Å²) < 4.78 is 5.58. The molecule has 1 atom stereocenters. The number of hydrogen-bond acceptors (Lipinski definition) is 4. The maximum Gasteiger partial charge on any atom is 0.251 e. The minimum Gasteiger partial charge on any atom is -0.389 e. The zero-order valence-corrected chi connectivity index (χ0v) is 12.9. The van der Waals surface area contributed by atoms with Gasteiger partial charge < -0.3 is 14.7 Å². The molecule has 1 N–H and O–H groups in total. The van der Waals surface area contributed by atoms with Crippen molar-refractivity contribution in [2.45, 2.75) is 50.2 Å². The molecule has 0 saturated carbocycles. The van der Waals surface area contributed by atoms with Gasteiger partial charge in [-0.2, -0.15) is 0 Å². The van der Waals surface area contributed by atoms with Crippen LogP contribution in [0.1, 0.15) is 37.7 Å². The highest BCUT2D eigenvalue weighted by atomic mass is 16.5. The average molecular weight is 304 g/mol. The van der Waals surface area contributed by atoms with Gasteiger partial charge in [-0.3, -0.25) is 9.78 Å². The summed E-state index contributed by atoms with van der Waals surface area (Å²) in [5.74, 6) is 0.102. The van der Waals surface area contributed by atoms with Gasteiger partial charge in [-0.05, 0) is 49.8 Å². The van der Waals surface area contributed by atoms with Crippen LogP contribution in [0.2, 0.25) is 0 Å². The lowest BCUT2D eigenvalue weighted by molar-refractivity contribution is -0.150. The first-order valence-electron chi connectivity index (χ1n) is 8.18. The zero-order chi connectivity index (χ0) is 15.4. The summed E-state index contributed by atoms with van der Waals surface area (Å²) >= 11 is 0. The molecule has 2 fully saturated rings. The maximum atomic E-state index is 12.4. The number of amides is 1. The van der Waals surface area contributed by atoms with Gasteiger partial charge in [-0.25, -0.2) is 0 Å². The standard InChI is InChI=1S/C17H24N2O3/c20-16(15-3-1-2-12-22-15)19-10-6-17(21,7-11-19)13-14-4-8-18-9-5-14/h4-5,8-9,15,21H,1-3,6-7,10-13H2. The fourth-order valence-electron chi connectivity index (χ4n) is 3.34. The van der Waals surface area contributed by atoms with E-state index in [1.807, 2.05) is 17.0 Å². The van der Waals surface area contributed by atoms with Crippen molar-refractivity contribution in [1.29, 1.82) is 0 Å². The molecule has 120 valence electrons. The number of aromatic nitrogens is 1. The second kappa shape index (κ2) is 6.75. The van der Waals surface area contributed by atoms with Crippen molar-refractivity contribution < 1.29 is 14.6 Å². The summed E-state index contributed by atoms with van der Waals surface area (Å²) in [7, 11) is 0. The van der Waals surface area contributed by atoms with E-state index in [1.165, 1.54) is 0 Å². The third-order valence-corrected chi connectivity index (χ3v) is 4.74. The molecule has 5 nitrogen and oxygen atoms in total. The summed E-state index contributed by atoms with van der Waals surface area (Å²) in [6.07, 6.45) is 8.04. The van der Waals surface area contributed by atoms with Crippen molar-refractivity contribution in [2.24, 2.45) is 0 Å². The molecule has 0 radical (unpaired) electrons. The molecular weight excluding hydrogens is 280 g/mol. The molecule has 1 unspecified atom stereocenters. The van der Waals surface area contributed by atoms with Crippen LogP contribution in [0.15, 0.2) is 24.5 Å². The quantitative estimate of drug-likeness (QED) is 0.920. The molecule has 1 aromatic heterocycles. The van der Waals surface area contributed by atoms with Gasteiger partial charge >= 0.3 is 0 Å². The maximum absolute atomic E-state index is 12.4. The molecule has 2 aliphatic heterocycles. The number of rotatable bonds is 3. The van der Waals surface area contributed by atoms with Crippen LogP contribution < -0.4 is 0 Å². The van der Waals surface area contributed by atoms with Crippen molar-refractivity contribution in [2.75, 3.05) is 19.7 Å². The highest BCUT2D eigenvalue weighted by Crippen LogP contribution is 2.27. The Hall–Kier alpha value is -1.46. The Kier molecular flexibility index (Phi) is 4.74. The normalized spacial score (nSPS) is 25.0. The molecule has 0 aliphatic carbocycles. The Morgan fingerprint density at radius 2 is 2.05 bits per heavy atom. The molecule has 3 heterocycles. The molecule has 22 heavy (non-hydrogen) atoms. The van der Waals surface area contributed by atoms with Crippen molar-refractivity contribution in [1.82, 2.24) is 9.88 Å². The van der Waals surface area contributed by atoms with E-state index in [9.17, 15) is 9.90 Å². The number of pyridine rings is 1. The number of carbonyl (C=O) groups is 1. The number of likely N-dealkylation sites (tertiary alicyclic amines) is 1. The second-order valence-corrected chi connectivity index (χ2v) is 6.44. The number of aliphatic hydroxyl groups is 1. The second-order valence-electron chi connectivity index (χ2n) is 6.44. The van der Waals surface area contributed by atoms with E-state index in [0.717, 1.165) is 24.8 Å². The lowest BCUT2D eigenvalue weighted by Gasteiger charge is -2.39. The van der Waals surface area contributed by atoms with Crippen LogP contribution >= 0.6 is 0 Å². The molecule has 5 heteroatoms. The van der Waals surface area contributed by atoms with Crippen LogP contribution in [-0.4, -0.2) is 52.3 Å². The minimum absolute atomic E-state index is 0.102. The summed E-state index contributed by atoms with van der Waals surface area (Å²) in [5.41, 5.74) is 0.374. The van der Waals surface area contributed by atoms with Gasteiger partial charge in [0.25, 0.3) is 5.91 Å². The van der Waals surface area contributed by atoms with Crippen LogP contribution in [0.5, 0.6) is 0 Å². The molecule has 2 aliphatic rings. The Bertz CT molecular complexity index is 492. The molecule has 0 spiro atoms. The third-order valence-electron chi connectivity index (χ3n) is 4.74. The van der Waals surface area contributed by atoms with Crippen molar-refractivity contribution in [3.63, 3.8) is 0 Å². The minimum atomic E-state index is -0.717. The predicted molar refractivity (Wildman–Crippen MR) is 82.3 cm³/mol. The van der Waals surface area contributed by atoms with Crippen molar-refractivity contribution in [3.8, 4) is 0 Å². The van der Waals surface area contributed by atoms with E-state index in [-0.39, 0.29) is 12.0 Å². The lowest BCUT2D eigenvalue weighted by atomic mass is 9.85. The fraction of sp³-hybridized carbons (Fsp3) is 0.647. The number of carbonyl (C=O) groups excluding carboxylic acids is 1. The first kappa shape index (κ1) is 15.4. The van der Waals surface area contributed by atoms with E-state index in [4.69, 9.17) is 4.74 Å². The lowest BCUT2D eigenvalue weighted by Crippen LogP contribution is -2.51. The first-order chi connectivity index (χ1) is 10.7. The van der Waals surface area contributed by atoms with E-state index in [0.29, 0.717) is 39.0 Å². The molecule has 0 aromatic carbocycles. The molecule has 1 amide bonds. The largest absolute Gasteiger partial charge is 0.389 e. The van der Waals surface area contributed by atoms with E-state index in [2.05, 4.69) is 4.98 Å². The van der Waals surface area contributed by atoms with E-state index >= 15 is 0 Å². The summed E-state index contributed by atoms with van der Waals surface area (Å²) in [6.45, 7) is 1.91. The Labute approximate surface area is 131 Å². The van der Waals surface area contributed by atoms with E-state index in [1.54, 1.807) is 12.4 Å². The Morgan fingerprint density at radius 1 is 1.32 bits per heavy atom. The number of ether oxygens (including phenoxy) is 1. The number of piperidine rings is 1. The highest BCUT2D eigenvalue weighted by molar-refractivity contribution is 5.81. The average Bonchev–Trinajstić information content (AvgIpc) is 2.56. The topological polar surface area (TPSA) is 62.7 Å². The monoisotopic (exact) mass is 304 g/mol. The van der Waals surface area contributed by atoms with Crippen LogP contribution in [0.3, 0.4) is 0 Å². The van der Waals surface area contributed by atoms with Crippen molar-refractivity contribution >= 4 is 5.91 Å². The molecule has 2 saturated heterocycles. The van der Waals surface area contributed by atoms with Gasteiger partial charge in [0.15, 0.2) is 0 Å². The highest BCUT2D eigenvalue weighted by Gasteiger charge is 2.36.